The van der Waals surface area contributed by atoms with Gasteiger partial charge in [-0.25, -0.2) is 0 Å². The van der Waals surface area contributed by atoms with Gasteiger partial charge >= 0.3 is 0 Å². The molecule has 0 saturated heterocycles. The van der Waals surface area contributed by atoms with E-state index in [4.69, 9.17) is 4.74 Å². The number of rotatable bonds is 8. The SMILES string of the molecule is COc1ccc(/C=C/C(=O)c2cc(CN(C)C)c(O)c(CN(C)C)c2)cc1. The minimum Gasteiger partial charge on any atom is -0.507 e. The monoisotopic (exact) mass is 368 g/mol. The van der Waals surface area contributed by atoms with E-state index >= 15 is 0 Å². The van der Waals surface area contributed by atoms with Gasteiger partial charge in [-0.3, -0.25) is 4.79 Å². The molecule has 0 atom stereocenters. The largest absolute Gasteiger partial charge is 0.507 e. The van der Waals surface area contributed by atoms with Crippen LogP contribution in [0.4, 0.5) is 0 Å². The van der Waals surface area contributed by atoms with Gasteiger partial charge in [-0.05, 0) is 64.1 Å². The molecule has 0 aliphatic carbocycles. The van der Waals surface area contributed by atoms with Crippen LogP contribution in [-0.2, 0) is 13.1 Å². The summed E-state index contributed by atoms with van der Waals surface area (Å²) in [5, 5.41) is 10.6. The average molecular weight is 368 g/mol. The predicted molar refractivity (Wildman–Crippen MR) is 109 cm³/mol. The lowest BCUT2D eigenvalue weighted by Crippen LogP contribution is -2.15. The third kappa shape index (κ3) is 5.94. The second-order valence-corrected chi connectivity index (χ2v) is 7.09. The number of benzene rings is 2. The van der Waals surface area contributed by atoms with E-state index in [1.165, 1.54) is 0 Å². The quantitative estimate of drug-likeness (QED) is 0.572. The first kappa shape index (κ1) is 20.7. The maximum atomic E-state index is 12.7. The number of phenols is 1. The van der Waals surface area contributed by atoms with Gasteiger partial charge in [0.2, 0.25) is 0 Å². The molecule has 2 aromatic carbocycles. The minimum atomic E-state index is -0.0918. The van der Waals surface area contributed by atoms with E-state index in [0.29, 0.717) is 18.7 Å². The van der Waals surface area contributed by atoms with E-state index in [0.717, 1.165) is 22.4 Å². The molecule has 0 unspecified atom stereocenters. The lowest BCUT2D eigenvalue weighted by Gasteiger charge is -2.17. The van der Waals surface area contributed by atoms with Gasteiger partial charge in [0.1, 0.15) is 11.5 Å². The predicted octanol–water partition coefficient (Wildman–Crippen LogP) is 3.42. The van der Waals surface area contributed by atoms with Crippen LogP contribution < -0.4 is 4.74 Å². The van der Waals surface area contributed by atoms with Crippen molar-refractivity contribution in [2.24, 2.45) is 0 Å². The summed E-state index contributed by atoms with van der Waals surface area (Å²) in [7, 11) is 9.36. The fourth-order valence-corrected chi connectivity index (χ4v) is 2.81. The third-order valence-corrected chi connectivity index (χ3v) is 4.07. The first-order valence-electron chi connectivity index (χ1n) is 8.81. The van der Waals surface area contributed by atoms with Gasteiger partial charge in [0.15, 0.2) is 5.78 Å². The summed E-state index contributed by atoms with van der Waals surface area (Å²) in [6.07, 6.45) is 3.35. The Balaban J connectivity index is 2.30. The number of nitrogens with zero attached hydrogens (tertiary/aromatic N) is 2. The number of methoxy groups -OCH3 is 1. The van der Waals surface area contributed by atoms with Gasteiger partial charge in [-0.2, -0.15) is 0 Å². The first-order valence-corrected chi connectivity index (χ1v) is 8.81. The van der Waals surface area contributed by atoms with Crippen LogP contribution in [0.3, 0.4) is 0 Å². The van der Waals surface area contributed by atoms with E-state index in [2.05, 4.69) is 0 Å². The van der Waals surface area contributed by atoms with Gasteiger partial charge in [-0.15, -0.1) is 0 Å². The lowest BCUT2D eigenvalue weighted by molar-refractivity contribution is 0.104. The summed E-state index contributed by atoms with van der Waals surface area (Å²) >= 11 is 0. The minimum absolute atomic E-state index is 0.0918. The molecular weight excluding hydrogens is 340 g/mol. The van der Waals surface area contributed by atoms with Crippen LogP contribution in [0.25, 0.3) is 6.08 Å². The van der Waals surface area contributed by atoms with Crippen LogP contribution >= 0.6 is 0 Å². The van der Waals surface area contributed by atoms with Crippen molar-refractivity contribution in [3.05, 3.63) is 64.7 Å². The van der Waals surface area contributed by atoms with E-state index in [9.17, 15) is 9.90 Å². The van der Waals surface area contributed by atoms with E-state index in [1.54, 1.807) is 31.4 Å². The topological polar surface area (TPSA) is 53.0 Å². The van der Waals surface area contributed by atoms with E-state index < -0.39 is 0 Å². The van der Waals surface area contributed by atoms with Gasteiger partial charge in [0.05, 0.1) is 7.11 Å². The molecule has 2 rings (SSSR count). The van der Waals surface area contributed by atoms with Crippen LogP contribution in [0.5, 0.6) is 11.5 Å². The molecule has 0 aliphatic rings. The van der Waals surface area contributed by atoms with Gasteiger partial charge in [0, 0.05) is 29.8 Å². The van der Waals surface area contributed by atoms with Crippen LogP contribution in [0.2, 0.25) is 0 Å². The molecule has 0 heterocycles. The zero-order valence-electron chi connectivity index (χ0n) is 16.7. The van der Waals surface area contributed by atoms with Crippen LogP contribution in [0.1, 0.15) is 27.0 Å². The number of allylic oxidation sites excluding steroid dienone is 1. The molecule has 5 nitrogen and oxygen atoms in total. The summed E-state index contributed by atoms with van der Waals surface area (Å²) in [6.45, 7) is 1.13. The lowest BCUT2D eigenvalue weighted by atomic mass is 10.00. The molecule has 0 spiro atoms. The van der Waals surface area contributed by atoms with Crippen molar-refractivity contribution in [1.82, 2.24) is 9.80 Å². The van der Waals surface area contributed by atoms with Crippen molar-refractivity contribution in [2.75, 3.05) is 35.3 Å². The highest BCUT2D eigenvalue weighted by Crippen LogP contribution is 2.27. The van der Waals surface area contributed by atoms with Crippen molar-refractivity contribution in [1.29, 1.82) is 0 Å². The summed E-state index contributed by atoms with van der Waals surface area (Å²) in [5.74, 6) is 0.942. The molecule has 0 saturated carbocycles. The number of ether oxygens (including phenoxy) is 1. The molecule has 2 aromatic rings. The van der Waals surface area contributed by atoms with Crippen molar-refractivity contribution in [2.45, 2.75) is 13.1 Å². The van der Waals surface area contributed by atoms with Gasteiger partial charge in [-0.1, -0.05) is 18.2 Å². The number of carbonyl (C=O) groups excluding carboxylic acids is 1. The second-order valence-electron chi connectivity index (χ2n) is 7.09. The Kier molecular flexibility index (Phi) is 7.16. The number of phenolic OH excluding ortho intramolecular Hbond substituents is 1. The van der Waals surface area contributed by atoms with Crippen LogP contribution in [-0.4, -0.2) is 56.0 Å². The van der Waals surface area contributed by atoms with Crippen molar-refractivity contribution in [3.8, 4) is 11.5 Å². The van der Waals surface area contributed by atoms with Crippen LogP contribution in [0, 0.1) is 0 Å². The Hall–Kier alpha value is -2.63. The normalized spacial score (nSPS) is 11.5. The third-order valence-electron chi connectivity index (χ3n) is 4.07. The van der Waals surface area contributed by atoms with Crippen molar-refractivity contribution < 1.29 is 14.6 Å². The highest BCUT2D eigenvalue weighted by atomic mass is 16.5. The summed E-state index contributed by atoms with van der Waals surface area (Å²) in [5.41, 5.74) is 3.00. The molecule has 144 valence electrons. The smallest absolute Gasteiger partial charge is 0.185 e. The highest BCUT2D eigenvalue weighted by Gasteiger charge is 2.14. The average Bonchev–Trinajstić information content (AvgIpc) is 2.62. The maximum Gasteiger partial charge on any atom is 0.185 e. The Morgan fingerprint density at radius 3 is 1.96 bits per heavy atom. The molecule has 0 aromatic heterocycles. The summed E-state index contributed by atoms with van der Waals surface area (Å²) in [6, 6.07) is 11.1. The second kappa shape index (κ2) is 9.35. The molecule has 0 amide bonds. The van der Waals surface area contributed by atoms with E-state index in [-0.39, 0.29) is 11.5 Å². The fraction of sp³-hybridized carbons (Fsp3) is 0.318. The number of ketones is 1. The van der Waals surface area contributed by atoms with Crippen molar-refractivity contribution >= 4 is 11.9 Å². The molecule has 0 fully saturated rings. The molecule has 0 aliphatic heterocycles. The van der Waals surface area contributed by atoms with Gasteiger partial charge < -0.3 is 19.6 Å². The summed E-state index contributed by atoms with van der Waals surface area (Å²) < 4.78 is 5.14. The fourth-order valence-electron chi connectivity index (χ4n) is 2.81. The first-order chi connectivity index (χ1) is 12.8. The molecular formula is C22H28N2O3. The Bertz CT molecular complexity index is 778. The zero-order valence-corrected chi connectivity index (χ0v) is 16.7. The Morgan fingerprint density at radius 1 is 1.00 bits per heavy atom. The van der Waals surface area contributed by atoms with Gasteiger partial charge in [0.25, 0.3) is 0 Å². The molecule has 0 radical (unpaired) electrons. The number of hydrogen-bond acceptors (Lipinski definition) is 5. The summed E-state index contributed by atoms with van der Waals surface area (Å²) in [4.78, 5) is 16.6. The van der Waals surface area contributed by atoms with E-state index in [1.807, 2.05) is 62.3 Å². The van der Waals surface area contributed by atoms with Crippen LogP contribution in [0.15, 0.2) is 42.5 Å². The molecule has 1 N–H and O–H groups in total. The Labute approximate surface area is 161 Å². The molecule has 0 bridgehead atoms. The maximum absolute atomic E-state index is 12.7. The molecule has 5 heteroatoms. The highest BCUT2D eigenvalue weighted by molar-refractivity contribution is 6.07. The molecule has 27 heavy (non-hydrogen) atoms. The number of carbonyl (C=O) groups is 1. The zero-order chi connectivity index (χ0) is 20.0. The standard InChI is InChI=1S/C22H28N2O3/c1-23(2)14-18-12-17(13-19(22(18)26)15-24(3)4)21(25)11-8-16-6-9-20(27-5)10-7-16/h6-13,26H,14-15H2,1-5H3/b11-8+. The number of hydrogen-bond donors (Lipinski definition) is 1. The number of aromatic hydroxyl groups is 1. The Morgan fingerprint density at radius 2 is 1.52 bits per heavy atom. The van der Waals surface area contributed by atoms with Crippen molar-refractivity contribution in [3.63, 3.8) is 0 Å².